The van der Waals surface area contributed by atoms with Crippen molar-refractivity contribution in [2.75, 3.05) is 24.2 Å². The molecule has 174 valence electrons. The van der Waals surface area contributed by atoms with Crippen molar-refractivity contribution >= 4 is 40.8 Å². The van der Waals surface area contributed by atoms with Gasteiger partial charge in [-0.1, -0.05) is 29.8 Å². The minimum atomic E-state index is -0.559. The first-order valence-electron chi connectivity index (χ1n) is 10.7. The summed E-state index contributed by atoms with van der Waals surface area (Å²) in [5, 5.41) is 16.0. The molecule has 4 rings (SSSR count). The zero-order chi connectivity index (χ0) is 24.2. The number of likely N-dealkylation sites (tertiary alicyclic amines) is 1. The molecule has 0 radical (unpaired) electrons. The fourth-order valence-electron chi connectivity index (χ4n) is 3.89. The maximum atomic E-state index is 12.9. The van der Waals surface area contributed by atoms with Gasteiger partial charge in [-0.3, -0.25) is 14.4 Å². The maximum absolute atomic E-state index is 12.9. The van der Waals surface area contributed by atoms with Gasteiger partial charge >= 0.3 is 0 Å². The number of rotatable bonds is 5. The quantitative estimate of drug-likeness (QED) is 0.474. The van der Waals surface area contributed by atoms with Crippen LogP contribution >= 0.6 is 11.6 Å². The van der Waals surface area contributed by atoms with Crippen LogP contribution in [0.15, 0.2) is 60.8 Å². The lowest BCUT2D eigenvalue weighted by molar-refractivity contribution is -0.133. The van der Waals surface area contributed by atoms with Crippen LogP contribution in [0.25, 0.3) is 0 Å². The Morgan fingerprint density at radius 2 is 1.82 bits per heavy atom. The van der Waals surface area contributed by atoms with Gasteiger partial charge in [0.2, 0.25) is 5.91 Å². The Morgan fingerprint density at radius 3 is 2.53 bits per heavy atom. The number of nitrogens with zero attached hydrogens (tertiary/aromatic N) is 2. The average Bonchev–Trinajstić information content (AvgIpc) is 2.83. The third kappa shape index (κ3) is 5.02. The number of phenols is 1. The third-order valence-corrected chi connectivity index (χ3v) is 5.95. The van der Waals surface area contributed by atoms with Crippen LogP contribution in [0.5, 0.6) is 5.75 Å². The Labute approximate surface area is 201 Å². The molecule has 34 heavy (non-hydrogen) atoms. The number of halogens is 1. The number of carbonyl (C=O) groups is 3. The summed E-state index contributed by atoms with van der Waals surface area (Å²) in [4.78, 5) is 43.9. The molecule has 1 aliphatic rings. The topological polar surface area (TPSA) is 112 Å². The largest absolute Gasteiger partial charge is 0.506 e. The van der Waals surface area contributed by atoms with Crippen molar-refractivity contribution in [2.24, 2.45) is 0 Å². The SMILES string of the molecule is CN1CCCC(c2ccc(C(=O)Nc3c(O)cccc3C(=O)Nc3ccc(Cl)cn3)cc2)C1=O. The van der Waals surface area contributed by atoms with Gasteiger partial charge in [-0.25, -0.2) is 4.98 Å². The van der Waals surface area contributed by atoms with Crippen LogP contribution in [0.2, 0.25) is 5.02 Å². The van der Waals surface area contributed by atoms with E-state index in [1.165, 1.54) is 30.5 Å². The lowest BCUT2D eigenvalue weighted by Crippen LogP contribution is -2.37. The third-order valence-electron chi connectivity index (χ3n) is 5.73. The number of pyridine rings is 1. The first-order chi connectivity index (χ1) is 16.3. The monoisotopic (exact) mass is 478 g/mol. The summed E-state index contributed by atoms with van der Waals surface area (Å²) < 4.78 is 0. The molecule has 3 aromatic rings. The predicted octanol–water partition coefficient (Wildman–Crippen LogP) is 4.28. The highest BCUT2D eigenvalue weighted by atomic mass is 35.5. The highest BCUT2D eigenvalue weighted by molar-refractivity contribution is 6.30. The summed E-state index contributed by atoms with van der Waals surface area (Å²) in [6.45, 7) is 0.750. The molecule has 3 N–H and O–H groups in total. The summed E-state index contributed by atoms with van der Waals surface area (Å²) in [5.41, 5.74) is 1.23. The number of hydrogen-bond donors (Lipinski definition) is 3. The molecule has 9 heteroatoms. The number of nitrogens with one attached hydrogen (secondary N) is 2. The number of hydrogen-bond acceptors (Lipinski definition) is 5. The van der Waals surface area contributed by atoms with E-state index in [0.717, 1.165) is 24.9 Å². The molecule has 2 aromatic carbocycles. The Balaban J connectivity index is 1.51. The summed E-state index contributed by atoms with van der Waals surface area (Å²) in [6, 6.07) is 14.3. The van der Waals surface area contributed by atoms with Gasteiger partial charge in [0.05, 0.1) is 22.2 Å². The van der Waals surface area contributed by atoms with E-state index in [-0.39, 0.29) is 34.6 Å². The number of phenolic OH excluding ortho intramolecular Hbond substituents is 1. The number of aromatic hydroxyl groups is 1. The van der Waals surface area contributed by atoms with Gasteiger partial charge in [0.1, 0.15) is 11.6 Å². The van der Waals surface area contributed by atoms with Gasteiger partial charge in [0.25, 0.3) is 11.8 Å². The lowest BCUT2D eigenvalue weighted by Gasteiger charge is -2.29. The minimum Gasteiger partial charge on any atom is -0.506 e. The summed E-state index contributed by atoms with van der Waals surface area (Å²) in [6.07, 6.45) is 3.09. The van der Waals surface area contributed by atoms with Crippen LogP contribution in [-0.2, 0) is 4.79 Å². The van der Waals surface area contributed by atoms with E-state index in [9.17, 15) is 19.5 Å². The molecular formula is C25H23ClN4O4. The van der Waals surface area contributed by atoms with Crippen molar-refractivity contribution in [1.29, 1.82) is 0 Å². The maximum Gasteiger partial charge on any atom is 0.259 e. The summed E-state index contributed by atoms with van der Waals surface area (Å²) >= 11 is 5.82. The zero-order valence-electron chi connectivity index (χ0n) is 18.4. The van der Waals surface area contributed by atoms with Crippen molar-refractivity contribution in [1.82, 2.24) is 9.88 Å². The molecule has 1 unspecified atom stereocenters. The number of para-hydroxylation sites is 1. The summed E-state index contributed by atoms with van der Waals surface area (Å²) in [5.74, 6) is -1.18. The second kappa shape index (κ2) is 9.93. The van der Waals surface area contributed by atoms with Gasteiger partial charge in [0.15, 0.2) is 0 Å². The van der Waals surface area contributed by atoms with E-state index in [1.54, 1.807) is 42.3 Å². The normalized spacial score (nSPS) is 15.6. The molecule has 0 bridgehead atoms. The standard InChI is InChI=1S/C25H23ClN4O4/c1-30-13-3-5-18(25(30)34)15-7-9-16(10-8-15)23(32)29-22-19(4-2-6-20(22)31)24(33)28-21-12-11-17(26)14-27-21/h2,4,6-12,14,18,31H,3,5,13H2,1H3,(H,29,32)(H,27,28,33). The first-order valence-corrected chi connectivity index (χ1v) is 11.1. The van der Waals surface area contributed by atoms with Gasteiger partial charge in [0, 0.05) is 25.4 Å². The number of benzene rings is 2. The van der Waals surface area contributed by atoms with Crippen LogP contribution in [0.1, 0.15) is 45.0 Å². The molecule has 0 aliphatic carbocycles. The van der Waals surface area contributed by atoms with Gasteiger partial charge in [-0.05, 0) is 54.8 Å². The Morgan fingerprint density at radius 1 is 1.06 bits per heavy atom. The first kappa shape index (κ1) is 23.3. The Hall–Kier alpha value is -3.91. The second-order valence-electron chi connectivity index (χ2n) is 8.05. The van der Waals surface area contributed by atoms with Gasteiger partial charge < -0.3 is 20.6 Å². The number of piperidine rings is 1. The number of carbonyl (C=O) groups excluding carboxylic acids is 3. The van der Waals surface area contributed by atoms with Crippen LogP contribution in [0.4, 0.5) is 11.5 Å². The highest BCUT2D eigenvalue weighted by Gasteiger charge is 2.27. The number of anilines is 2. The van der Waals surface area contributed by atoms with Gasteiger partial charge in [-0.2, -0.15) is 0 Å². The van der Waals surface area contributed by atoms with Crippen LogP contribution < -0.4 is 10.6 Å². The van der Waals surface area contributed by atoms with Crippen LogP contribution in [0.3, 0.4) is 0 Å². The minimum absolute atomic E-state index is 0.0212. The Kier molecular flexibility index (Phi) is 6.79. The molecule has 2 heterocycles. The van der Waals surface area contributed by atoms with Gasteiger partial charge in [-0.15, -0.1) is 0 Å². The molecule has 1 aliphatic heterocycles. The molecule has 1 atom stereocenters. The van der Waals surface area contributed by atoms with E-state index in [2.05, 4.69) is 15.6 Å². The molecule has 0 spiro atoms. The molecule has 8 nitrogen and oxygen atoms in total. The fourth-order valence-corrected chi connectivity index (χ4v) is 4.00. The fraction of sp³-hybridized carbons (Fsp3) is 0.200. The number of likely N-dealkylation sites (N-methyl/N-ethyl adjacent to an activating group) is 1. The van der Waals surface area contributed by atoms with Crippen molar-refractivity contribution in [3.8, 4) is 5.75 Å². The van der Waals surface area contributed by atoms with Crippen LogP contribution in [0, 0.1) is 0 Å². The van der Waals surface area contributed by atoms with Crippen molar-refractivity contribution < 1.29 is 19.5 Å². The smallest absolute Gasteiger partial charge is 0.259 e. The lowest BCUT2D eigenvalue weighted by atomic mass is 9.89. The predicted molar refractivity (Wildman–Crippen MR) is 129 cm³/mol. The molecule has 3 amide bonds. The van der Waals surface area contributed by atoms with E-state index in [1.807, 2.05) is 0 Å². The molecule has 1 aromatic heterocycles. The van der Waals surface area contributed by atoms with Crippen molar-refractivity contribution in [3.05, 3.63) is 82.5 Å². The van der Waals surface area contributed by atoms with E-state index < -0.39 is 11.8 Å². The van der Waals surface area contributed by atoms with Crippen molar-refractivity contribution in [3.63, 3.8) is 0 Å². The van der Waals surface area contributed by atoms with Crippen LogP contribution in [-0.4, -0.2) is 46.3 Å². The van der Waals surface area contributed by atoms with E-state index >= 15 is 0 Å². The average molecular weight is 479 g/mol. The molecular weight excluding hydrogens is 456 g/mol. The van der Waals surface area contributed by atoms with E-state index in [4.69, 9.17) is 11.6 Å². The zero-order valence-corrected chi connectivity index (χ0v) is 19.2. The van der Waals surface area contributed by atoms with Crippen molar-refractivity contribution in [2.45, 2.75) is 18.8 Å². The highest BCUT2D eigenvalue weighted by Crippen LogP contribution is 2.30. The number of amides is 3. The van der Waals surface area contributed by atoms with E-state index in [0.29, 0.717) is 10.6 Å². The summed E-state index contributed by atoms with van der Waals surface area (Å²) in [7, 11) is 1.79. The molecule has 1 saturated heterocycles. The molecule has 0 saturated carbocycles. The Bertz CT molecular complexity index is 1230. The molecule has 1 fully saturated rings. The number of aromatic nitrogens is 1. The second-order valence-corrected chi connectivity index (χ2v) is 8.48.